The summed E-state index contributed by atoms with van der Waals surface area (Å²) in [6.45, 7) is 13.9. The second-order valence-electron chi connectivity index (χ2n) is 11.1. The predicted octanol–water partition coefficient (Wildman–Crippen LogP) is 9.55. The van der Waals surface area contributed by atoms with Crippen molar-refractivity contribution < 1.29 is 0 Å². The van der Waals surface area contributed by atoms with Crippen molar-refractivity contribution in [1.29, 1.82) is 0 Å². The molecule has 1 aromatic heterocycles. The fraction of sp³-hybridized carbons (Fsp3) is 0.267. The molecule has 0 aliphatic carbocycles. The van der Waals surface area contributed by atoms with Crippen LogP contribution in [0.1, 0.15) is 52.7 Å². The molecule has 0 unspecified atom stereocenters. The zero-order chi connectivity index (χ0) is 21.7. The van der Waals surface area contributed by atoms with Gasteiger partial charge < -0.3 is 0 Å². The smallest absolute Gasteiger partial charge is 0.0349 e. The highest BCUT2D eigenvalue weighted by atomic mass is 32.1. The highest BCUT2D eigenvalue weighted by Gasteiger charge is 2.22. The maximum atomic E-state index is 2.47. The van der Waals surface area contributed by atoms with Crippen molar-refractivity contribution in [1.82, 2.24) is 0 Å². The van der Waals surface area contributed by atoms with Crippen LogP contribution in [0, 0.1) is 0 Å². The fourth-order valence-corrected chi connectivity index (χ4v) is 5.96. The van der Waals surface area contributed by atoms with Crippen molar-refractivity contribution >= 4 is 64.5 Å². The monoisotopic (exact) mass is 420 g/mol. The topological polar surface area (TPSA) is 0 Å². The van der Waals surface area contributed by atoms with Gasteiger partial charge in [0, 0.05) is 10.1 Å². The molecule has 0 atom stereocenters. The Balaban J connectivity index is 1.97. The molecule has 0 saturated carbocycles. The van der Waals surface area contributed by atoms with Gasteiger partial charge in [0.2, 0.25) is 0 Å². The Morgan fingerprint density at radius 1 is 0.516 bits per heavy atom. The van der Waals surface area contributed by atoms with Gasteiger partial charge in [0.15, 0.2) is 0 Å². The van der Waals surface area contributed by atoms with Crippen molar-refractivity contribution in [3.05, 3.63) is 71.1 Å². The number of benzene rings is 5. The lowest BCUT2D eigenvalue weighted by Gasteiger charge is -2.25. The molecule has 0 aliphatic rings. The average Bonchev–Trinajstić information content (AvgIpc) is 3.19. The van der Waals surface area contributed by atoms with Crippen LogP contribution >= 0.6 is 11.3 Å². The zero-order valence-corrected chi connectivity index (χ0v) is 20.0. The molecule has 5 aromatic carbocycles. The minimum absolute atomic E-state index is 0.110. The fourth-order valence-electron chi connectivity index (χ4n) is 5.16. The van der Waals surface area contributed by atoms with Crippen LogP contribution in [0.2, 0.25) is 0 Å². The Labute approximate surface area is 187 Å². The van der Waals surface area contributed by atoms with Gasteiger partial charge in [-0.3, -0.25) is 0 Å². The Morgan fingerprint density at radius 2 is 1.10 bits per heavy atom. The van der Waals surface area contributed by atoms with Gasteiger partial charge in [-0.1, -0.05) is 71.9 Å². The third-order valence-corrected chi connectivity index (χ3v) is 7.84. The van der Waals surface area contributed by atoms with Crippen LogP contribution in [0.4, 0.5) is 0 Å². The van der Waals surface area contributed by atoms with Gasteiger partial charge in [0.25, 0.3) is 0 Å². The Morgan fingerprint density at radius 3 is 1.71 bits per heavy atom. The molecule has 6 rings (SSSR count). The molecule has 0 fully saturated rings. The van der Waals surface area contributed by atoms with Crippen LogP contribution in [0.25, 0.3) is 53.2 Å². The van der Waals surface area contributed by atoms with Gasteiger partial charge in [0.05, 0.1) is 0 Å². The van der Waals surface area contributed by atoms with Crippen molar-refractivity contribution in [3.8, 4) is 0 Å². The molecule has 0 nitrogen and oxygen atoms in total. The van der Waals surface area contributed by atoms with E-state index >= 15 is 0 Å². The van der Waals surface area contributed by atoms with Crippen LogP contribution in [0.5, 0.6) is 0 Å². The number of thiophene rings is 1. The summed E-state index contributed by atoms with van der Waals surface area (Å²) in [5, 5.41) is 14.8. The summed E-state index contributed by atoms with van der Waals surface area (Å²) in [5.74, 6) is 0. The molecule has 0 N–H and O–H groups in total. The van der Waals surface area contributed by atoms with Crippen molar-refractivity contribution in [2.75, 3.05) is 0 Å². The highest BCUT2D eigenvalue weighted by Crippen LogP contribution is 2.46. The van der Waals surface area contributed by atoms with Crippen LogP contribution in [0.3, 0.4) is 0 Å². The summed E-state index contributed by atoms with van der Waals surface area (Å²) in [6, 6.07) is 21.4. The van der Waals surface area contributed by atoms with Crippen LogP contribution in [-0.4, -0.2) is 0 Å². The second kappa shape index (κ2) is 5.99. The largest absolute Gasteiger partial charge is 0.144 e. The van der Waals surface area contributed by atoms with E-state index in [0.29, 0.717) is 0 Å². The van der Waals surface area contributed by atoms with Crippen LogP contribution in [-0.2, 0) is 10.8 Å². The summed E-state index contributed by atoms with van der Waals surface area (Å²) in [5.41, 5.74) is 3.03. The number of hydrogen-bond donors (Lipinski definition) is 0. The summed E-state index contributed by atoms with van der Waals surface area (Å²) < 4.78 is 1.37. The van der Waals surface area contributed by atoms with Gasteiger partial charge in [0.1, 0.15) is 0 Å². The molecule has 1 heterocycles. The molecule has 0 radical (unpaired) electrons. The van der Waals surface area contributed by atoms with Crippen LogP contribution in [0.15, 0.2) is 60.0 Å². The van der Waals surface area contributed by atoms with E-state index in [9.17, 15) is 0 Å². The van der Waals surface area contributed by atoms with Gasteiger partial charge in [-0.2, -0.15) is 0 Å². The van der Waals surface area contributed by atoms with E-state index in [4.69, 9.17) is 0 Å². The quantitative estimate of drug-likeness (QED) is 0.169. The highest BCUT2D eigenvalue weighted by molar-refractivity contribution is 7.17. The lowest BCUT2D eigenvalue weighted by atomic mass is 9.79. The van der Waals surface area contributed by atoms with E-state index < -0.39 is 0 Å². The Hall–Kier alpha value is -2.64. The SMILES string of the molecule is CC(C)(C)c1cc2ccc3cc(C(C)(C)C)cc4c5c6ccsc6ccc5c(c1)c2c34. The maximum Gasteiger partial charge on any atom is 0.0349 e. The minimum Gasteiger partial charge on any atom is -0.144 e. The molecule has 0 aliphatic heterocycles. The standard InChI is InChI=1S/C30H28S/c1-29(2,3)19-13-17-7-8-18-14-20(30(4,5)6)16-24-27(18)26(17)23(15-19)21-9-10-25-22(28(21)24)11-12-31-25/h7-16H,1-6H3. The summed E-state index contributed by atoms with van der Waals surface area (Å²) in [6.07, 6.45) is 0. The Bertz CT molecular complexity index is 1630. The first kappa shape index (κ1) is 19.1. The zero-order valence-electron chi connectivity index (χ0n) is 19.2. The first-order valence-electron chi connectivity index (χ1n) is 11.2. The molecule has 0 amide bonds. The van der Waals surface area contributed by atoms with Gasteiger partial charge >= 0.3 is 0 Å². The summed E-state index contributed by atoms with van der Waals surface area (Å²) in [7, 11) is 0. The molecule has 0 saturated heterocycles. The molecule has 154 valence electrons. The molecule has 0 spiro atoms. The lowest BCUT2D eigenvalue weighted by Crippen LogP contribution is -2.11. The minimum atomic E-state index is 0.110. The number of rotatable bonds is 0. The van der Waals surface area contributed by atoms with E-state index in [2.05, 4.69) is 102 Å². The average molecular weight is 421 g/mol. The first-order chi connectivity index (χ1) is 14.6. The van der Waals surface area contributed by atoms with E-state index in [1.165, 1.54) is 64.3 Å². The van der Waals surface area contributed by atoms with Crippen molar-refractivity contribution in [2.45, 2.75) is 52.4 Å². The molecule has 31 heavy (non-hydrogen) atoms. The molecule has 0 bridgehead atoms. The van der Waals surface area contributed by atoms with Gasteiger partial charge in [-0.25, -0.2) is 0 Å². The number of hydrogen-bond acceptors (Lipinski definition) is 1. The summed E-state index contributed by atoms with van der Waals surface area (Å²) in [4.78, 5) is 0. The normalized spacial score (nSPS) is 13.5. The van der Waals surface area contributed by atoms with Crippen LogP contribution < -0.4 is 0 Å². The van der Waals surface area contributed by atoms with E-state index in [1.807, 2.05) is 11.3 Å². The second-order valence-corrected chi connectivity index (χ2v) is 12.1. The van der Waals surface area contributed by atoms with Crippen molar-refractivity contribution in [2.24, 2.45) is 0 Å². The predicted molar refractivity (Wildman–Crippen MR) is 140 cm³/mol. The van der Waals surface area contributed by atoms with Gasteiger partial charge in [-0.15, -0.1) is 11.3 Å². The molecule has 1 heteroatoms. The number of fused-ring (bicyclic) bond motifs is 5. The third kappa shape index (κ3) is 2.66. The third-order valence-electron chi connectivity index (χ3n) is 6.96. The van der Waals surface area contributed by atoms with E-state index in [1.54, 1.807) is 0 Å². The van der Waals surface area contributed by atoms with Crippen molar-refractivity contribution in [3.63, 3.8) is 0 Å². The lowest BCUT2D eigenvalue weighted by molar-refractivity contribution is 0.591. The first-order valence-corrected chi connectivity index (χ1v) is 12.1. The molecular weight excluding hydrogens is 392 g/mol. The molecule has 6 aromatic rings. The summed E-state index contributed by atoms with van der Waals surface area (Å²) >= 11 is 1.84. The molecular formula is C30H28S. The van der Waals surface area contributed by atoms with E-state index in [0.717, 1.165) is 0 Å². The Kier molecular flexibility index (Phi) is 3.68. The maximum absolute atomic E-state index is 2.47. The van der Waals surface area contributed by atoms with Gasteiger partial charge in [-0.05, 0) is 94.7 Å². The van der Waals surface area contributed by atoms with E-state index in [-0.39, 0.29) is 10.8 Å².